The summed E-state index contributed by atoms with van der Waals surface area (Å²) in [6, 6.07) is 5.54. The van der Waals surface area contributed by atoms with Crippen LogP contribution in [-0.4, -0.2) is 42.1 Å². The van der Waals surface area contributed by atoms with Crippen molar-refractivity contribution in [1.82, 2.24) is 4.98 Å². The van der Waals surface area contributed by atoms with Crippen LogP contribution in [0.15, 0.2) is 18.2 Å². The van der Waals surface area contributed by atoms with Gasteiger partial charge >= 0.3 is 5.97 Å². The molecule has 0 saturated heterocycles. The Morgan fingerprint density at radius 2 is 2.18 bits per heavy atom. The van der Waals surface area contributed by atoms with E-state index in [4.69, 9.17) is 9.47 Å². The van der Waals surface area contributed by atoms with Crippen molar-refractivity contribution < 1.29 is 19.1 Å². The molecule has 0 saturated carbocycles. The zero-order valence-electron chi connectivity index (χ0n) is 12.3. The number of fused-ring (bicyclic) bond motifs is 1. The molecule has 1 aromatic carbocycles. The molecule has 0 unspecified atom stereocenters. The number of carbonyl (C=O) groups excluding carboxylic acids is 2. The highest BCUT2D eigenvalue weighted by atomic mass is 32.2. The third-order valence-electron chi connectivity index (χ3n) is 2.60. The summed E-state index contributed by atoms with van der Waals surface area (Å²) in [4.78, 5) is 27.3. The van der Waals surface area contributed by atoms with Crippen LogP contribution >= 0.6 is 23.1 Å². The molecule has 2 aromatic rings. The lowest BCUT2D eigenvalue weighted by molar-refractivity contribution is -0.139. The number of carbonyl (C=O) groups is 2. The zero-order valence-corrected chi connectivity index (χ0v) is 13.9. The maximum absolute atomic E-state index is 11.8. The molecular formula is C14H16N2O4S2. The van der Waals surface area contributed by atoms with E-state index in [0.717, 1.165) is 16.0 Å². The quantitative estimate of drug-likeness (QED) is 0.781. The van der Waals surface area contributed by atoms with Crippen molar-refractivity contribution in [3.05, 3.63) is 18.2 Å². The van der Waals surface area contributed by atoms with Gasteiger partial charge in [0.2, 0.25) is 5.91 Å². The molecule has 0 spiro atoms. The number of thiazole rings is 1. The largest absolute Gasteiger partial charge is 0.497 e. The Morgan fingerprint density at radius 3 is 2.91 bits per heavy atom. The van der Waals surface area contributed by atoms with Gasteiger partial charge in [-0.2, -0.15) is 0 Å². The van der Waals surface area contributed by atoms with Crippen LogP contribution in [0.3, 0.4) is 0 Å². The number of methoxy groups -OCH3 is 1. The van der Waals surface area contributed by atoms with Crippen LogP contribution in [0, 0.1) is 0 Å². The van der Waals surface area contributed by atoms with Crippen LogP contribution < -0.4 is 10.1 Å². The van der Waals surface area contributed by atoms with E-state index in [1.807, 2.05) is 18.2 Å². The molecule has 1 heterocycles. The van der Waals surface area contributed by atoms with Gasteiger partial charge in [-0.05, 0) is 25.1 Å². The fourth-order valence-corrected chi connectivity index (χ4v) is 3.19. The van der Waals surface area contributed by atoms with Gasteiger partial charge in [-0.3, -0.25) is 9.59 Å². The van der Waals surface area contributed by atoms with Gasteiger partial charge in [0, 0.05) is 0 Å². The van der Waals surface area contributed by atoms with Gasteiger partial charge < -0.3 is 14.8 Å². The first-order valence-corrected chi connectivity index (χ1v) is 8.57. The molecule has 8 heteroatoms. The number of anilines is 1. The van der Waals surface area contributed by atoms with Gasteiger partial charge in [-0.15, -0.1) is 11.8 Å². The van der Waals surface area contributed by atoms with Gasteiger partial charge in [-0.1, -0.05) is 11.3 Å². The summed E-state index contributed by atoms with van der Waals surface area (Å²) in [5.74, 6) is 0.586. The predicted octanol–water partition coefficient (Wildman–Crippen LogP) is 2.54. The zero-order chi connectivity index (χ0) is 15.9. The van der Waals surface area contributed by atoms with E-state index in [0.29, 0.717) is 11.7 Å². The van der Waals surface area contributed by atoms with Gasteiger partial charge in [-0.25, -0.2) is 4.98 Å². The minimum absolute atomic E-state index is 0.165. The van der Waals surface area contributed by atoms with E-state index < -0.39 is 0 Å². The Bertz CT molecular complexity index is 672. The molecule has 0 aliphatic rings. The summed E-state index contributed by atoms with van der Waals surface area (Å²) in [5, 5.41) is 3.26. The van der Waals surface area contributed by atoms with Crippen LogP contribution in [0.25, 0.3) is 10.2 Å². The molecule has 0 bridgehead atoms. The first-order chi connectivity index (χ1) is 10.6. The Hall–Kier alpha value is -1.80. The molecule has 1 N–H and O–H groups in total. The highest BCUT2D eigenvalue weighted by Gasteiger charge is 2.10. The number of thioether (sulfide) groups is 1. The molecule has 0 aliphatic carbocycles. The molecule has 1 aromatic heterocycles. The number of amides is 1. The standard InChI is InChI=1S/C14H16N2O4S2/c1-3-20-13(18)8-21-7-12(17)16-14-15-10-5-4-9(19-2)6-11(10)22-14/h4-6H,3,7-8H2,1-2H3,(H,15,16,17). The van der Waals surface area contributed by atoms with E-state index >= 15 is 0 Å². The number of rotatable bonds is 7. The monoisotopic (exact) mass is 340 g/mol. The highest BCUT2D eigenvalue weighted by molar-refractivity contribution is 8.00. The lowest BCUT2D eigenvalue weighted by Crippen LogP contribution is -2.16. The minimum atomic E-state index is -0.313. The summed E-state index contributed by atoms with van der Waals surface area (Å²) < 4.78 is 10.9. The molecule has 22 heavy (non-hydrogen) atoms. The average molecular weight is 340 g/mol. The third-order valence-corrected chi connectivity index (χ3v) is 4.44. The van der Waals surface area contributed by atoms with Gasteiger partial charge in [0.15, 0.2) is 5.13 Å². The lowest BCUT2D eigenvalue weighted by atomic mass is 10.3. The van der Waals surface area contributed by atoms with Crippen molar-refractivity contribution in [2.24, 2.45) is 0 Å². The maximum atomic E-state index is 11.8. The SMILES string of the molecule is CCOC(=O)CSCC(=O)Nc1nc2ccc(OC)cc2s1. The van der Waals surface area contributed by atoms with E-state index in [-0.39, 0.29) is 23.4 Å². The van der Waals surface area contributed by atoms with Crippen molar-refractivity contribution in [2.45, 2.75) is 6.92 Å². The van der Waals surface area contributed by atoms with Crippen molar-refractivity contribution >= 4 is 50.3 Å². The molecule has 0 radical (unpaired) electrons. The van der Waals surface area contributed by atoms with Gasteiger partial charge in [0.1, 0.15) is 5.75 Å². The first-order valence-electron chi connectivity index (χ1n) is 6.60. The molecule has 6 nitrogen and oxygen atoms in total. The molecule has 2 rings (SSSR count). The number of benzene rings is 1. The van der Waals surface area contributed by atoms with Crippen LogP contribution in [0.5, 0.6) is 5.75 Å². The van der Waals surface area contributed by atoms with E-state index in [1.54, 1.807) is 14.0 Å². The second-order valence-corrected chi connectivity index (χ2v) is 6.21. The van der Waals surface area contributed by atoms with Crippen molar-refractivity contribution in [1.29, 1.82) is 0 Å². The molecule has 0 fully saturated rings. The Labute approximate surface area is 136 Å². The topological polar surface area (TPSA) is 77.5 Å². The van der Waals surface area contributed by atoms with Gasteiger partial charge in [0.25, 0.3) is 0 Å². The molecule has 118 valence electrons. The van der Waals surface area contributed by atoms with E-state index in [9.17, 15) is 9.59 Å². The molecule has 0 aliphatic heterocycles. The fourth-order valence-electron chi connectivity index (χ4n) is 1.67. The molecular weight excluding hydrogens is 324 g/mol. The predicted molar refractivity (Wildman–Crippen MR) is 88.8 cm³/mol. The van der Waals surface area contributed by atoms with Crippen molar-refractivity contribution in [3.8, 4) is 5.75 Å². The Balaban J connectivity index is 1.87. The van der Waals surface area contributed by atoms with Crippen LogP contribution in [0.4, 0.5) is 5.13 Å². The maximum Gasteiger partial charge on any atom is 0.315 e. The van der Waals surface area contributed by atoms with Crippen molar-refractivity contribution in [2.75, 3.05) is 30.5 Å². The van der Waals surface area contributed by atoms with Gasteiger partial charge in [0.05, 0.1) is 35.4 Å². The normalized spacial score (nSPS) is 10.5. The van der Waals surface area contributed by atoms with Crippen LogP contribution in [0.1, 0.15) is 6.92 Å². The average Bonchev–Trinajstić information content (AvgIpc) is 2.88. The number of nitrogens with one attached hydrogen (secondary N) is 1. The summed E-state index contributed by atoms with van der Waals surface area (Å²) in [6.07, 6.45) is 0. The minimum Gasteiger partial charge on any atom is -0.497 e. The summed E-state index contributed by atoms with van der Waals surface area (Å²) in [7, 11) is 1.60. The van der Waals surface area contributed by atoms with Crippen molar-refractivity contribution in [3.63, 3.8) is 0 Å². The fraction of sp³-hybridized carbons (Fsp3) is 0.357. The second-order valence-electron chi connectivity index (χ2n) is 4.20. The molecule has 0 atom stereocenters. The number of ether oxygens (including phenoxy) is 2. The smallest absolute Gasteiger partial charge is 0.315 e. The summed E-state index contributed by atoms with van der Waals surface area (Å²) in [6.45, 7) is 2.10. The summed E-state index contributed by atoms with van der Waals surface area (Å²) in [5.41, 5.74) is 0.806. The van der Waals surface area contributed by atoms with Crippen LogP contribution in [0.2, 0.25) is 0 Å². The molecule has 1 amide bonds. The summed E-state index contributed by atoms with van der Waals surface area (Å²) >= 11 is 2.59. The Kier molecular flexibility index (Phi) is 6.02. The lowest BCUT2D eigenvalue weighted by Gasteiger charge is -2.02. The van der Waals surface area contributed by atoms with Crippen LogP contribution in [-0.2, 0) is 14.3 Å². The number of hydrogen-bond donors (Lipinski definition) is 1. The number of hydrogen-bond acceptors (Lipinski definition) is 7. The van der Waals surface area contributed by atoms with E-state index in [1.165, 1.54) is 23.1 Å². The number of nitrogens with zero attached hydrogens (tertiary/aromatic N) is 1. The highest BCUT2D eigenvalue weighted by Crippen LogP contribution is 2.29. The Morgan fingerprint density at radius 1 is 1.36 bits per heavy atom. The number of esters is 1. The second kappa shape index (κ2) is 8.00. The first kappa shape index (κ1) is 16.6. The number of aromatic nitrogens is 1. The third kappa shape index (κ3) is 4.60. The van der Waals surface area contributed by atoms with E-state index in [2.05, 4.69) is 10.3 Å².